The minimum atomic E-state index is -0.518. The van der Waals surface area contributed by atoms with E-state index < -0.39 is 55.1 Å². The van der Waals surface area contributed by atoms with Crippen molar-refractivity contribution >= 4 is 118 Å². The minimum absolute atomic E-state index is 0.0119. The molecule has 2 aliphatic rings. The Morgan fingerprint density at radius 3 is 1.36 bits per heavy atom. The smallest absolute Gasteiger partial charge is 0.252 e. The van der Waals surface area contributed by atoms with Gasteiger partial charge in [-0.05, 0) is 181 Å². The first kappa shape index (κ1) is 54.3. The standard InChI is InChI=1S/C100H72BN5/c1-100(2,3)75-39-28-38-71(59-75)72-52-55-88-94(62-72)105(80-60-73(67-30-10-4-11-31-67)58-74(61-80)68-32-12-5-13-33-68)96-65-81(104-90-49-25-22-44-84(90)85-45-23-26-50-91(85)104)66-97-98(96)101(88)89-56-53-79(64-95(89)106(97)99-82(69-34-14-6-15-35-69)47-29-48-83(99)70-36-16-7-17-37-70)103-92-51-27-24-46-86(92)87-63-78(54-57-93(87)103)102(76-40-18-8-19-41-76)77-42-20-9-21-43-77/h4-66H,1-3H3/i22D,23D,25D,26D,44D,45D,49D,50D. The third-order valence-electron chi connectivity index (χ3n) is 21.4. The Bertz CT molecular complexity index is 6720. The lowest BCUT2D eigenvalue weighted by Gasteiger charge is -2.45. The third-order valence-corrected chi connectivity index (χ3v) is 21.4. The van der Waals surface area contributed by atoms with Gasteiger partial charge in [-0.1, -0.05) is 294 Å². The number of rotatable bonds is 12. The van der Waals surface area contributed by atoms with Gasteiger partial charge in [0.05, 0.1) is 44.4 Å². The summed E-state index contributed by atoms with van der Waals surface area (Å²) in [5.74, 6) is 0. The van der Waals surface area contributed by atoms with Gasteiger partial charge in [0.2, 0.25) is 0 Å². The van der Waals surface area contributed by atoms with Gasteiger partial charge in [-0.25, -0.2) is 0 Å². The summed E-state index contributed by atoms with van der Waals surface area (Å²) in [6, 6.07) is 115. The summed E-state index contributed by atoms with van der Waals surface area (Å²) in [5, 5.41) is 2.11. The molecular weight excluding hydrogens is 1280 g/mol. The van der Waals surface area contributed by atoms with Crippen LogP contribution in [0.2, 0.25) is 0 Å². The van der Waals surface area contributed by atoms with Crippen LogP contribution in [0, 0.1) is 0 Å². The van der Waals surface area contributed by atoms with Gasteiger partial charge < -0.3 is 23.8 Å². The van der Waals surface area contributed by atoms with Gasteiger partial charge in [0, 0.05) is 83.9 Å². The first-order valence-corrected chi connectivity index (χ1v) is 36.2. The van der Waals surface area contributed by atoms with Crippen LogP contribution < -0.4 is 31.1 Å². The quantitative estimate of drug-likeness (QED) is 0.114. The van der Waals surface area contributed by atoms with Gasteiger partial charge in [-0.3, -0.25) is 0 Å². The SMILES string of the molecule is [2H]c1c([2H])c([2H])c2c(c1[2H])c1c([2H])c([2H])c([2H])c([2H])c1n2-c1cc2c3c(c1)N(c1c(-c4ccccc4)cccc1-c1ccccc1)c1cc(-n4c5ccccc5c5cc(N(c6ccccc6)c6ccccc6)ccc54)ccc1B3c1ccc(-c3cccc(C(C)(C)C)c3)cc1N2c1cc(-c2ccccc2)cc(-c2ccccc2)c1. The maximum absolute atomic E-state index is 10.1. The lowest BCUT2D eigenvalue weighted by Crippen LogP contribution is -2.61. The van der Waals surface area contributed by atoms with Crippen LogP contribution in [0.25, 0.3) is 111 Å². The van der Waals surface area contributed by atoms with Crippen molar-refractivity contribution in [1.82, 2.24) is 9.13 Å². The summed E-state index contributed by atoms with van der Waals surface area (Å²) in [7, 11) is 0. The first-order chi connectivity index (χ1) is 55.6. The van der Waals surface area contributed by atoms with Crippen LogP contribution in [-0.4, -0.2) is 15.8 Å². The number of nitrogens with zero attached hydrogens (tertiary/aromatic N) is 5. The molecule has 0 N–H and O–H groups in total. The molecule has 0 unspecified atom stereocenters. The predicted molar refractivity (Wildman–Crippen MR) is 450 cm³/mol. The van der Waals surface area contributed by atoms with Crippen LogP contribution in [0.15, 0.2) is 382 Å². The largest absolute Gasteiger partial charge is 0.311 e. The van der Waals surface area contributed by atoms with E-state index in [9.17, 15) is 11.0 Å². The molecule has 0 amide bonds. The highest BCUT2D eigenvalue weighted by Gasteiger charge is 2.45. The molecule has 4 heterocycles. The summed E-state index contributed by atoms with van der Waals surface area (Å²) in [6.45, 7) is 6.20. The average Bonchev–Trinajstić information content (AvgIpc) is 1.07. The molecule has 0 bridgehead atoms. The fourth-order valence-electron chi connectivity index (χ4n) is 16.6. The van der Waals surface area contributed by atoms with Gasteiger partial charge >= 0.3 is 0 Å². The summed E-state index contributed by atoms with van der Waals surface area (Å²) >= 11 is 0. The molecule has 0 saturated heterocycles. The number of benzene rings is 16. The Balaban J connectivity index is 0.962. The van der Waals surface area contributed by atoms with Gasteiger partial charge in [0.25, 0.3) is 6.71 Å². The topological polar surface area (TPSA) is 19.6 Å². The number of fused-ring (bicyclic) bond motifs is 10. The van der Waals surface area contributed by atoms with Crippen molar-refractivity contribution in [3.8, 4) is 67.0 Å². The second-order valence-corrected chi connectivity index (χ2v) is 28.6. The number of anilines is 9. The molecule has 16 aromatic carbocycles. The van der Waals surface area contributed by atoms with E-state index in [-0.39, 0.29) is 27.2 Å². The molecule has 2 aromatic heterocycles. The second kappa shape index (κ2) is 25.2. The Hall–Kier alpha value is -13.4. The van der Waals surface area contributed by atoms with Gasteiger partial charge in [0.15, 0.2) is 0 Å². The molecule has 0 radical (unpaired) electrons. The Morgan fingerprint density at radius 2 is 0.764 bits per heavy atom. The highest BCUT2D eigenvalue weighted by atomic mass is 15.2. The Labute approximate surface area is 630 Å². The molecule has 106 heavy (non-hydrogen) atoms. The number of aromatic nitrogens is 2. The van der Waals surface area contributed by atoms with E-state index in [1.807, 2.05) is 36.4 Å². The van der Waals surface area contributed by atoms with Crippen molar-refractivity contribution in [3.05, 3.63) is 388 Å². The highest BCUT2D eigenvalue weighted by Crippen LogP contribution is 2.53. The summed E-state index contributed by atoms with van der Waals surface area (Å²) in [6.07, 6.45) is 0. The molecule has 0 fully saturated rings. The van der Waals surface area contributed by atoms with E-state index in [4.69, 9.17) is 0 Å². The summed E-state index contributed by atoms with van der Waals surface area (Å²) < 4.78 is 81.6. The summed E-state index contributed by atoms with van der Waals surface area (Å²) in [5.41, 5.74) is 25.0. The van der Waals surface area contributed by atoms with Gasteiger partial charge in [-0.15, -0.1) is 0 Å². The molecule has 5 nitrogen and oxygen atoms in total. The molecule has 20 rings (SSSR count). The fraction of sp³-hybridized carbons (Fsp3) is 0.0400. The molecule has 6 heteroatoms. The zero-order chi connectivity index (χ0) is 77.5. The van der Waals surface area contributed by atoms with E-state index in [0.717, 1.165) is 151 Å². The molecule has 500 valence electrons. The van der Waals surface area contributed by atoms with Crippen molar-refractivity contribution in [3.63, 3.8) is 0 Å². The van der Waals surface area contributed by atoms with Crippen LogP contribution in [0.3, 0.4) is 0 Å². The fourth-order valence-corrected chi connectivity index (χ4v) is 16.6. The third kappa shape index (κ3) is 10.4. The maximum Gasteiger partial charge on any atom is 0.252 e. The molecular formula is C100H72BN5. The van der Waals surface area contributed by atoms with Crippen molar-refractivity contribution in [2.75, 3.05) is 14.7 Å². The summed E-state index contributed by atoms with van der Waals surface area (Å²) in [4.78, 5) is 7.11. The number of para-hydroxylation sites is 6. The molecule has 0 aliphatic carbocycles. The van der Waals surface area contributed by atoms with Crippen LogP contribution >= 0.6 is 0 Å². The zero-order valence-electron chi connectivity index (χ0n) is 66.6. The average molecular weight is 1360 g/mol. The van der Waals surface area contributed by atoms with Crippen LogP contribution in [0.4, 0.5) is 51.2 Å². The van der Waals surface area contributed by atoms with Crippen molar-refractivity contribution < 1.29 is 11.0 Å². The van der Waals surface area contributed by atoms with Gasteiger partial charge in [-0.2, -0.15) is 0 Å². The van der Waals surface area contributed by atoms with E-state index in [0.29, 0.717) is 5.69 Å². The Morgan fingerprint density at radius 1 is 0.292 bits per heavy atom. The van der Waals surface area contributed by atoms with E-state index in [2.05, 4.69) is 337 Å². The molecule has 18 aromatic rings. The monoisotopic (exact) mass is 1360 g/mol. The van der Waals surface area contributed by atoms with Crippen molar-refractivity contribution in [2.45, 2.75) is 26.2 Å². The van der Waals surface area contributed by atoms with E-state index in [1.54, 1.807) is 4.57 Å². The lowest BCUT2D eigenvalue weighted by molar-refractivity contribution is 0.590. The first-order valence-electron chi connectivity index (χ1n) is 40.2. The molecule has 0 saturated carbocycles. The second-order valence-electron chi connectivity index (χ2n) is 28.6. The number of hydrogen-bond donors (Lipinski definition) is 0. The lowest BCUT2D eigenvalue weighted by atomic mass is 9.33. The van der Waals surface area contributed by atoms with E-state index >= 15 is 0 Å². The minimum Gasteiger partial charge on any atom is -0.311 e. The molecule has 0 spiro atoms. The van der Waals surface area contributed by atoms with Crippen molar-refractivity contribution in [2.24, 2.45) is 0 Å². The molecule has 2 aliphatic heterocycles. The van der Waals surface area contributed by atoms with Crippen LogP contribution in [0.1, 0.15) is 37.3 Å². The zero-order valence-corrected chi connectivity index (χ0v) is 58.6. The van der Waals surface area contributed by atoms with Crippen LogP contribution in [-0.2, 0) is 5.41 Å². The predicted octanol–water partition coefficient (Wildman–Crippen LogP) is 25.1. The molecule has 0 atom stereocenters. The number of hydrogen-bond acceptors (Lipinski definition) is 3. The highest BCUT2D eigenvalue weighted by molar-refractivity contribution is 7.00. The Kier molecular flexibility index (Phi) is 12.9. The normalized spacial score (nSPS) is 13.5. The maximum atomic E-state index is 10.1. The van der Waals surface area contributed by atoms with Crippen LogP contribution in [0.5, 0.6) is 0 Å². The van der Waals surface area contributed by atoms with E-state index in [1.165, 1.54) is 5.56 Å². The van der Waals surface area contributed by atoms with Crippen molar-refractivity contribution in [1.29, 1.82) is 0 Å². The van der Waals surface area contributed by atoms with Gasteiger partial charge in [0.1, 0.15) is 0 Å².